The van der Waals surface area contributed by atoms with Gasteiger partial charge in [0, 0.05) is 50.2 Å². The fourth-order valence-corrected chi connectivity index (χ4v) is 4.82. The molecule has 5 nitrogen and oxygen atoms in total. The number of nitrogens with zero attached hydrogens (tertiary/aromatic N) is 2. The second kappa shape index (κ2) is 8.57. The second-order valence-electron chi connectivity index (χ2n) is 9.06. The normalized spacial score (nSPS) is 27.5. The van der Waals surface area contributed by atoms with Gasteiger partial charge in [-0.2, -0.15) is 0 Å². The van der Waals surface area contributed by atoms with Crippen LogP contribution in [0.2, 0.25) is 0 Å². The molecule has 0 radical (unpaired) electrons. The lowest BCUT2D eigenvalue weighted by Gasteiger charge is -2.62. The molecule has 26 heavy (non-hydrogen) atoms. The highest BCUT2D eigenvalue weighted by Crippen LogP contribution is 2.51. The van der Waals surface area contributed by atoms with Gasteiger partial charge in [-0.05, 0) is 66.3 Å². The summed E-state index contributed by atoms with van der Waals surface area (Å²) in [5.41, 5.74) is 0.443. The number of ether oxygens (including phenoxy) is 2. The Kier molecular flexibility index (Phi) is 6.63. The van der Waals surface area contributed by atoms with E-state index in [0.29, 0.717) is 35.9 Å². The molecular weight excluding hydrogens is 328 g/mol. The largest absolute Gasteiger partial charge is 0.379 e. The Bertz CT molecular complexity index is 462. The van der Waals surface area contributed by atoms with Crippen LogP contribution in [-0.2, 0) is 14.3 Å². The molecule has 3 aliphatic rings. The van der Waals surface area contributed by atoms with Crippen molar-refractivity contribution in [2.75, 3.05) is 33.4 Å². The van der Waals surface area contributed by atoms with E-state index in [-0.39, 0.29) is 6.10 Å². The molecule has 0 unspecified atom stereocenters. The summed E-state index contributed by atoms with van der Waals surface area (Å²) in [5.74, 6) is 0.343. The van der Waals surface area contributed by atoms with Gasteiger partial charge in [0.15, 0.2) is 0 Å². The highest BCUT2D eigenvalue weighted by Gasteiger charge is 2.55. The van der Waals surface area contributed by atoms with E-state index in [4.69, 9.17) is 9.47 Å². The monoisotopic (exact) mass is 366 g/mol. The average Bonchev–Trinajstić information content (AvgIpc) is 2.46. The Hall–Kier alpha value is -0.650. The first-order chi connectivity index (χ1) is 12.4. The zero-order chi connectivity index (χ0) is 18.7. The molecule has 0 N–H and O–H groups in total. The molecule has 2 saturated carbocycles. The Labute approximate surface area is 159 Å². The third-order valence-corrected chi connectivity index (χ3v) is 6.60. The Morgan fingerprint density at radius 2 is 1.88 bits per heavy atom. The highest BCUT2D eigenvalue weighted by atomic mass is 16.5. The number of hydrogen-bond acceptors (Lipinski definition) is 4. The van der Waals surface area contributed by atoms with Gasteiger partial charge in [0.1, 0.15) is 0 Å². The molecule has 0 bridgehead atoms. The lowest BCUT2D eigenvalue weighted by atomic mass is 9.59. The van der Waals surface area contributed by atoms with Crippen LogP contribution in [0.3, 0.4) is 0 Å². The van der Waals surface area contributed by atoms with E-state index in [2.05, 4.69) is 37.6 Å². The minimum atomic E-state index is 0.288. The van der Waals surface area contributed by atoms with Gasteiger partial charge in [-0.15, -0.1) is 0 Å². The Morgan fingerprint density at radius 3 is 2.50 bits per heavy atom. The van der Waals surface area contributed by atoms with Crippen molar-refractivity contribution in [3.8, 4) is 0 Å². The van der Waals surface area contributed by atoms with Gasteiger partial charge >= 0.3 is 0 Å². The molecule has 2 aliphatic carbocycles. The van der Waals surface area contributed by atoms with E-state index in [1.807, 2.05) is 0 Å². The molecule has 3 rings (SSSR count). The number of amides is 1. The van der Waals surface area contributed by atoms with Gasteiger partial charge in [-0.1, -0.05) is 0 Å². The molecule has 150 valence electrons. The van der Waals surface area contributed by atoms with Gasteiger partial charge in [0.05, 0.1) is 12.2 Å². The van der Waals surface area contributed by atoms with Crippen molar-refractivity contribution in [2.24, 2.45) is 5.41 Å². The summed E-state index contributed by atoms with van der Waals surface area (Å²) < 4.78 is 11.2. The summed E-state index contributed by atoms with van der Waals surface area (Å²) in [5, 5.41) is 0. The molecule has 0 aromatic rings. The standard InChI is InChI=1S/C21H38N2O3/c1-5-25-19-10-17(11-19)22(4)18-12-21(13-18)14-23(15-21)20(24)8-6-7-9-26-16(2)3/h16-19H,5-15H2,1-4H3. The van der Waals surface area contributed by atoms with E-state index < -0.39 is 0 Å². The second-order valence-corrected chi connectivity index (χ2v) is 9.06. The zero-order valence-electron chi connectivity index (χ0n) is 17.2. The molecule has 0 atom stereocenters. The van der Waals surface area contributed by atoms with Crippen LogP contribution in [0.15, 0.2) is 0 Å². The number of unbranched alkanes of at least 4 members (excludes halogenated alkanes) is 1. The molecule has 1 saturated heterocycles. The molecule has 1 aliphatic heterocycles. The maximum absolute atomic E-state index is 12.3. The number of hydrogen-bond donors (Lipinski definition) is 0. The first kappa shape index (κ1) is 20.1. The van der Waals surface area contributed by atoms with Crippen LogP contribution < -0.4 is 0 Å². The van der Waals surface area contributed by atoms with Crippen molar-refractivity contribution < 1.29 is 14.3 Å². The fourth-order valence-electron chi connectivity index (χ4n) is 4.82. The van der Waals surface area contributed by atoms with Gasteiger partial charge in [-0.25, -0.2) is 0 Å². The van der Waals surface area contributed by atoms with Gasteiger partial charge in [-0.3, -0.25) is 4.79 Å². The maximum atomic E-state index is 12.3. The Balaban J connectivity index is 1.26. The van der Waals surface area contributed by atoms with Crippen molar-refractivity contribution >= 4 is 5.91 Å². The highest BCUT2D eigenvalue weighted by molar-refractivity contribution is 5.77. The van der Waals surface area contributed by atoms with Crippen molar-refractivity contribution in [3.05, 3.63) is 0 Å². The van der Waals surface area contributed by atoms with Crippen LogP contribution >= 0.6 is 0 Å². The van der Waals surface area contributed by atoms with Crippen molar-refractivity contribution in [3.63, 3.8) is 0 Å². The smallest absolute Gasteiger partial charge is 0.222 e. The third kappa shape index (κ3) is 4.60. The van der Waals surface area contributed by atoms with E-state index in [0.717, 1.165) is 39.1 Å². The SMILES string of the molecule is CCOC1CC(N(C)C2CC3(C2)CN(C(=O)CCCCOC(C)C)C3)C1. The summed E-state index contributed by atoms with van der Waals surface area (Å²) in [6, 6.07) is 1.42. The molecular formula is C21H38N2O3. The first-order valence-electron chi connectivity index (χ1n) is 10.7. The van der Waals surface area contributed by atoms with Crippen LogP contribution in [0.25, 0.3) is 0 Å². The van der Waals surface area contributed by atoms with Crippen molar-refractivity contribution in [2.45, 2.75) is 90.0 Å². The topological polar surface area (TPSA) is 42.0 Å². The molecule has 3 fully saturated rings. The van der Waals surface area contributed by atoms with Crippen LogP contribution in [0.4, 0.5) is 0 Å². The van der Waals surface area contributed by atoms with Crippen LogP contribution in [0.5, 0.6) is 0 Å². The number of rotatable bonds is 10. The molecule has 0 aromatic carbocycles. The molecule has 1 spiro atoms. The fraction of sp³-hybridized carbons (Fsp3) is 0.952. The summed E-state index contributed by atoms with van der Waals surface area (Å²) >= 11 is 0. The van der Waals surface area contributed by atoms with Gasteiger partial charge < -0.3 is 19.3 Å². The molecule has 0 aromatic heterocycles. The predicted octanol–water partition coefficient (Wildman–Crippen LogP) is 3.07. The summed E-state index contributed by atoms with van der Waals surface area (Å²) in [6.45, 7) is 9.77. The number of carbonyl (C=O) groups excluding carboxylic acids is 1. The van der Waals surface area contributed by atoms with E-state index in [1.54, 1.807) is 0 Å². The minimum Gasteiger partial charge on any atom is -0.379 e. The summed E-state index contributed by atoms with van der Waals surface area (Å²) in [4.78, 5) is 16.9. The lowest BCUT2D eigenvalue weighted by Crippen LogP contribution is -2.68. The van der Waals surface area contributed by atoms with Gasteiger partial charge in [0.25, 0.3) is 0 Å². The number of carbonyl (C=O) groups is 1. The average molecular weight is 367 g/mol. The maximum Gasteiger partial charge on any atom is 0.222 e. The lowest BCUT2D eigenvalue weighted by molar-refractivity contribution is -0.161. The Morgan fingerprint density at radius 1 is 1.19 bits per heavy atom. The van der Waals surface area contributed by atoms with E-state index >= 15 is 0 Å². The minimum absolute atomic E-state index is 0.288. The van der Waals surface area contributed by atoms with Crippen LogP contribution in [-0.4, -0.2) is 73.3 Å². The number of likely N-dealkylation sites (tertiary alicyclic amines) is 1. The molecule has 1 amide bonds. The van der Waals surface area contributed by atoms with E-state index in [9.17, 15) is 4.79 Å². The van der Waals surface area contributed by atoms with Crippen molar-refractivity contribution in [1.29, 1.82) is 0 Å². The van der Waals surface area contributed by atoms with Crippen LogP contribution in [0.1, 0.15) is 65.7 Å². The first-order valence-corrected chi connectivity index (χ1v) is 10.7. The van der Waals surface area contributed by atoms with Crippen LogP contribution in [0, 0.1) is 5.41 Å². The van der Waals surface area contributed by atoms with Crippen molar-refractivity contribution in [1.82, 2.24) is 9.80 Å². The third-order valence-electron chi connectivity index (χ3n) is 6.60. The summed E-state index contributed by atoms with van der Waals surface area (Å²) in [7, 11) is 2.28. The zero-order valence-corrected chi connectivity index (χ0v) is 17.2. The quantitative estimate of drug-likeness (QED) is 0.557. The van der Waals surface area contributed by atoms with E-state index in [1.165, 1.54) is 25.7 Å². The molecule has 5 heteroatoms. The molecule has 1 heterocycles. The van der Waals surface area contributed by atoms with Gasteiger partial charge in [0.2, 0.25) is 5.91 Å². The summed E-state index contributed by atoms with van der Waals surface area (Å²) in [6.07, 6.45) is 8.32. The predicted molar refractivity (Wildman–Crippen MR) is 103 cm³/mol.